The highest BCUT2D eigenvalue weighted by atomic mass is 35.5. The number of ether oxygens (including phenoxy) is 1. The number of nitrogens with one attached hydrogen (secondary N) is 1. The largest absolute Gasteiger partial charge is 0.438 e. The van der Waals surface area contributed by atoms with Gasteiger partial charge in [0.15, 0.2) is 0 Å². The molecule has 25 heavy (non-hydrogen) atoms. The van der Waals surface area contributed by atoms with Gasteiger partial charge < -0.3 is 10.1 Å². The van der Waals surface area contributed by atoms with Crippen LogP contribution in [-0.4, -0.2) is 10.9 Å². The molecule has 0 fully saturated rings. The molecule has 0 aliphatic rings. The Bertz CT molecular complexity index is 885. The van der Waals surface area contributed by atoms with Gasteiger partial charge in [-0.25, -0.2) is 9.37 Å². The number of amides is 1. The maximum Gasteiger partial charge on any atom is 0.257 e. The van der Waals surface area contributed by atoms with Crippen LogP contribution in [-0.2, 0) is 6.54 Å². The number of rotatable bonds is 5. The van der Waals surface area contributed by atoms with E-state index in [2.05, 4.69) is 10.3 Å². The second kappa shape index (κ2) is 7.77. The minimum atomic E-state index is -0.369. The standard InChI is InChI=1S/C19H14ClFN2O2/c20-17-6-2-1-4-13(17)12-23-18(24)16-5-3-11-22-19(16)25-15-9-7-14(21)8-10-15/h1-11H,12H2,(H,23,24). The van der Waals surface area contributed by atoms with E-state index in [1.807, 2.05) is 18.2 Å². The van der Waals surface area contributed by atoms with E-state index in [0.717, 1.165) is 5.56 Å². The molecule has 4 nitrogen and oxygen atoms in total. The van der Waals surface area contributed by atoms with Gasteiger partial charge in [0.1, 0.15) is 17.1 Å². The van der Waals surface area contributed by atoms with E-state index in [0.29, 0.717) is 10.8 Å². The van der Waals surface area contributed by atoms with Crippen molar-refractivity contribution in [1.82, 2.24) is 10.3 Å². The molecule has 0 saturated carbocycles. The smallest absolute Gasteiger partial charge is 0.257 e. The quantitative estimate of drug-likeness (QED) is 0.727. The van der Waals surface area contributed by atoms with Gasteiger partial charge in [0.05, 0.1) is 0 Å². The number of pyridine rings is 1. The number of hydrogen-bond donors (Lipinski definition) is 1. The highest BCUT2D eigenvalue weighted by Crippen LogP contribution is 2.23. The zero-order valence-electron chi connectivity index (χ0n) is 13.1. The van der Waals surface area contributed by atoms with E-state index in [-0.39, 0.29) is 29.7 Å². The van der Waals surface area contributed by atoms with Crippen molar-refractivity contribution < 1.29 is 13.9 Å². The average Bonchev–Trinajstić information content (AvgIpc) is 2.63. The summed E-state index contributed by atoms with van der Waals surface area (Å²) >= 11 is 6.09. The van der Waals surface area contributed by atoms with Crippen molar-refractivity contribution in [3.63, 3.8) is 0 Å². The third-order valence-electron chi connectivity index (χ3n) is 3.44. The van der Waals surface area contributed by atoms with Crippen LogP contribution >= 0.6 is 11.6 Å². The van der Waals surface area contributed by atoms with Gasteiger partial charge >= 0.3 is 0 Å². The van der Waals surface area contributed by atoms with Crippen LogP contribution in [0.2, 0.25) is 5.02 Å². The number of carbonyl (C=O) groups is 1. The molecule has 1 aromatic heterocycles. The normalized spacial score (nSPS) is 10.3. The molecule has 0 radical (unpaired) electrons. The molecule has 0 bridgehead atoms. The van der Waals surface area contributed by atoms with Gasteiger partial charge in [0.25, 0.3) is 5.91 Å². The van der Waals surface area contributed by atoms with Crippen molar-refractivity contribution >= 4 is 17.5 Å². The molecule has 1 N–H and O–H groups in total. The Balaban J connectivity index is 1.74. The first-order valence-electron chi connectivity index (χ1n) is 7.53. The second-order valence-electron chi connectivity index (χ2n) is 5.19. The molecule has 0 aliphatic carbocycles. The van der Waals surface area contributed by atoms with E-state index >= 15 is 0 Å². The summed E-state index contributed by atoms with van der Waals surface area (Å²) in [5, 5.41) is 3.37. The predicted molar refractivity (Wildman–Crippen MR) is 93.3 cm³/mol. The van der Waals surface area contributed by atoms with Gasteiger partial charge in [-0.05, 0) is 48.0 Å². The van der Waals surface area contributed by atoms with Gasteiger partial charge in [0, 0.05) is 17.8 Å². The number of carbonyl (C=O) groups excluding carboxylic acids is 1. The molecule has 0 spiro atoms. The zero-order chi connectivity index (χ0) is 17.6. The maximum atomic E-state index is 13.0. The van der Waals surface area contributed by atoms with Crippen molar-refractivity contribution in [3.8, 4) is 11.6 Å². The zero-order valence-corrected chi connectivity index (χ0v) is 13.8. The van der Waals surface area contributed by atoms with Crippen LogP contribution in [0.3, 0.4) is 0 Å². The Morgan fingerprint density at radius 1 is 1.08 bits per heavy atom. The number of aromatic nitrogens is 1. The summed E-state index contributed by atoms with van der Waals surface area (Å²) in [4.78, 5) is 16.5. The predicted octanol–water partition coefficient (Wildman–Crippen LogP) is 4.60. The van der Waals surface area contributed by atoms with E-state index < -0.39 is 0 Å². The lowest BCUT2D eigenvalue weighted by Crippen LogP contribution is -2.23. The molecular weight excluding hydrogens is 343 g/mol. The van der Waals surface area contributed by atoms with Gasteiger partial charge in [0.2, 0.25) is 5.88 Å². The van der Waals surface area contributed by atoms with Crippen molar-refractivity contribution in [3.05, 3.63) is 88.8 Å². The van der Waals surface area contributed by atoms with Gasteiger partial charge in [-0.15, -0.1) is 0 Å². The topological polar surface area (TPSA) is 51.2 Å². The Morgan fingerprint density at radius 2 is 1.84 bits per heavy atom. The van der Waals surface area contributed by atoms with E-state index in [4.69, 9.17) is 16.3 Å². The first kappa shape index (κ1) is 16.9. The Morgan fingerprint density at radius 3 is 2.60 bits per heavy atom. The molecule has 1 heterocycles. The Labute approximate surface area is 149 Å². The van der Waals surface area contributed by atoms with Crippen LogP contribution in [0.1, 0.15) is 15.9 Å². The minimum absolute atomic E-state index is 0.144. The molecule has 0 aliphatic heterocycles. The molecule has 2 aromatic carbocycles. The lowest BCUT2D eigenvalue weighted by atomic mass is 10.2. The minimum Gasteiger partial charge on any atom is -0.438 e. The first-order valence-corrected chi connectivity index (χ1v) is 7.91. The molecule has 6 heteroatoms. The van der Waals surface area contributed by atoms with Crippen LogP contribution in [0.4, 0.5) is 4.39 Å². The lowest BCUT2D eigenvalue weighted by Gasteiger charge is -2.11. The third kappa shape index (κ3) is 4.33. The molecule has 3 rings (SSSR count). The van der Waals surface area contributed by atoms with Crippen molar-refractivity contribution in [2.45, 2.75) is 6.54 Å². The monoisotopic (exact) mass is 356 g/mol. The van der Waals surface area contributed by atoms with E-state index in [1.54, 1.807) is 18.2 Å². The number of benzene rings is 2. The molecule has 1 amide bonds. The summed E-state index contributed by atoms with van der Waals surface area (Å²) in [6.45, 7) is 0.281. The number of nitrogens with zero attached hydrogens (tertiary/aromatic N) is 1. The Hall–Kier alpha value is -2.92. The van der Waals surface area contributed by atoms with Crippen molar-refractivity contribution in [2.75, 3.05) is 0 Å². The molecular formula is C19H14ClFN2O2. The van der Waals surface area contributed by atoms with Crippen LogP contribution in [0.15, 0.2) is 66.9 Å². The van der Waals surface area contributed by atoms with Gasteiger partial charge in [-0.2, -0.15) is 0 Å². The van der Waals surface area contributed by atoms with Crippen molar-refractivity contribution in [2.24, 2.45) is 0 Å². The van der Waals surface area contributed by atoms with Crippen LogP contribution < -0.4 is 10.1 Å². The van der Waals surface area contributed by atoms with Crippen LogP contribution in [0.25, 0.3) is 0 Å². The maximum absolute atomic E-state index is 13.0. The fourth-order valence-corrected chi connectivity index (χ4v) is 2.37. The fourth-order valence-electron chi connectivity index (χ4n) is 2.17. The highest BCUT2D eigenvalue weighted by Gasteiger charge is 2.14. The third-order valence-corrected chi connectivity index (χ3v) is 3.81. The summed E-state index contributed by atoms with van der Waals surface area (Å²) in [7, 11) is 0. The summed E-state index contributed by atoms with van der Waals surface area (Å²) in [6.07, 6.45) is 1.52. The summed E-state index contributed by atoms with van der Waals surface area (Å²) in [6, 6.07) is 16.0. The number of halogens is 2. The van der Waals surface area contributed by atoms with E-state index in [9.17, 15) is 9.18 Å². The first-order chi connectivity index (χ1) is 12.1. The second-order valence-corrected chi connectivity index (χ2v) is 5.59. The van der Waals surface area contributed by atoms with E-state index in [1.165, 1.54) is 30.5 Å². The summed E-state index contributed by atoms with van der Waals surface area (Å²) < 4.78 is 18.6. The SMILES string of the molecule is O=C(NCc1ccccc1Cl)c1cccnc1Oc1ccc(F)cc1. The number of hydrogen-bond acceptors (Lipinski definition) is 3. The average molecular weight is 357 g/mol. The molecule has 126 valence electrons. The molecule has 0 unspecified atom stereocenters. The summed E-state index contributed by atoms with van der Waals surface area (Å²) in [5.74, 6) is -0.178. The molecule has 0 saturated heterocycles. The molecule has 0 atom stereocenters. The lowest BCUT2D eigenvalue weighted by molar-refractivity contribution is 0.0948. The van der Waals surface area contributed by atoms with Gasteiger partial charge in [-0.3, -0.25) is 4.79 Å². The van der Waals surface area contributed by atoms with Gasteiger partial charge in [-0.1, -0.05) is 29.8 Å². The summed E-state index contributed by atoms with van der Waals surface area (Å²) in [5.41, 5.74) is 1.08. The van der Waals surface area contributed by atoms with Crippen molar-refractivity contribution in [1.29, 1.82) is 0 Å². The van der Waals surface area contributed by atoms with Crippen LogP contribution in [0.5, 0.6) is 11.6 Å². The fraction of sp³-hybridized carbons (Fsp3) is 0.0526. The van der Waals surface area contributed by atoms with Crippen LogP contribution in [0, 0.1) is 5.82 Å². The highest BCUT2D eigenvalue weighted by molar-refractivity contribution is 6.31. The molecule has 3 aromatic rings. The Kier molecular flexibility index (Phi) is 5.26.